The van der Waals surface area contributed by atoms with E-state index in [0.29, 0.717) is 30.7 Å². The fourth-order valence-corrected chi connectivity index (χ4v) is 2.73. The number of ether oxygens (including phenoxy) is 1. The molecule has 0 aliphatic rings. The largest absolute Gasteiger partial charge is 0.439 e. The topological polar surface area (TPSA) is 89.2 Å². The SMILES string of the molecule is CCc1nncn1CCNC(=NC)NCc1cccnc1Oc1cccc(F)c1. The molecule has 2 heterocycles. The number of benzene rings is 1. The smallest absolute Gasteiger partial charge is 0.224 e. The first-order chi connectivity index (χ1) is 14.2. The van der Waals surface area contributed by atoms with Crippen molar-refractivity contribution < 1.29 is 9.13 Å². The van der Waals surface area contributed by atoms with Gasteiger partial charge < -0.3 is 19.9 Å². The van der Waals surface area contributed by atoms with E-state index in [4.69, 9.17) is 4.74 Å². The van der Waals surface area contributed by atoms with E-state index >= 15 is 0 Å². The molecule has 8 nitrogen and oxygen atoms in total. The molecule has 29 heavy (non-hydrogen) atoms. The van der Waals surface area contributed by atoms with E-state index < -0.39 is 0 Å². The second-order valence-corrected chi connectivity index (χ2v) is 6.17. The van der Waals surface area contributed by atoms with Gasteiger partial charge in [-0.3, -0.25) is 4.99 Å². The zero-order valence-electron chi connectivity index (χ0n) is 16.5. The molecule has 0 aliphatic carbocycles. The lowest BCUT2D eigenvalue weighted by atomic mass is 10.2. The molecule has 1 aromatic carbocycles. The van der Waals surface area contributed by atoms with Crippen LogP contribution in [0.5, 0.6) is 11.6 Å². The number of guanidine groups is 1. The molecule has 0 spiro atoms. The predicted molar refractivity (Wildman–Crippen MR) is 108 cm³/mol. The number of aromatic nitrogens is 4. The van der Waals surface area contributed by atoms with Crippen molar-refractivity contribution in [1.82, 2.24) is 30.4 Å². The molecule has 0 aliphatic heterocycles. The summed E-state index contributed by atoms with van der Waals surface area (Å²) in [6, 6.07) is 9.69. The van der Waals surface area contributed by atoms with Gasteiger partial charge in [-0.15, -0.1) is 10.2 Å². The molecule has 0 amide bonds. The summed E-state index contributed by atoms with van der Waals surface area (Å²) in [5, 5.41) is 14.5. The van der Waals surface area contributed by atoms with Crippen molar-refractivity contribution in [2.75, 3.05) is 13.6 Å². The van der Waals surface area contributed by atoms with Gasteiger partial charge in [-0.05, 0) is 18.2 Å². The van der Waals surface area contributed by atoms with Crippen molar-refractivity contribution >= 4 is 5.96 Å². The zero-order chi connectivity index (χ0) is 20.5. The molecule has 152 valence electrons. The van der Waals surface area contributed by atoms with Gasteiger partial charge in [0.25, 0.3) is 0 Å². The molecule has 3 rings (SSSR count). The maximum absolute atomic E-state index is 13.4. The lowest BCUT2D eigenvalue weighted by molar-refractivity contribution is 0.450. The number of aliphatic imine (C=N–C) groups is 1. The number of pyridine rings is 1. The first-order valence-corrected chi connectivity index (χ1v) is 9.38. The Morgan fingerprint density at radius 3 is 2.93 bits per heavy atom. The summed E-state index contributed by atoms with van der Waals surface area (Å²) in [4.78, 5) is 8.49. The quantitative estimate of drug-likeness (QED) is 0.449. The van der Waals surface area contributed by atoms with Crippen molar-refractivity contribution in [3.8, 4) is 11.6 Å². The Balaban J connectivity index is 1.55. The fraction of sp³-hybridized carbons (Fsp3) is 0.300. The monoisotopic (exact) mass is 397 g/mol. The van der Waals surface area contributed by atoms with Crippen LogP contribution in [0.4, 0.5) is 4.39 Å². The summed E-state index contributed by atoms with van der Waals surface area (Å²) in [5.41, 5.74) is 0.826. The van der Waals surface area contributed by atoms with Crippen LogP contribution in [0.15, 0.2) is 53.9 Å². The molecular formula is C20H24FN7O. The van der Waals surface area contributed by atoms with Gasteiger partial charge in [-0.25, -0.2) is 9.37 Å². The molecule has 0 radical (unpaired) electrons. The molecular weight excluding hydrogens is 373 g/mol. The van der Waals surface area contributed by atoms with E-state index in [1.165, 1.54) is 12.1 Å². The van der Waals surface area contributed by atoms with Gasteiger partial charge in [0.15, 0.2) is 5.96 Å². The molecule has 0 saturated carbocycles. The molecule has 9 heteroatoms. The van der Waals surface area contributed by atoms with Gasteiger partial charge in [0.1, 0.15) is 23.7 Å². The molecule has 0 bridgehead atoms. The van der Waals surface area contributed by atoms with Crippen LogP contribution in [0.3, 0.4) is 0 Å². The third-order valence-electron chi connectivity index (χ3n) is 4.19. The highest BCUT2D eigenvalue weighted by molar-refractivity contribution is 5.79. The molecule has 0 atom stereocenters. The van der Waals surface area contributed by atoms with E-state index in [-0.39, 0.29) is 5.82 Å². The third-order valence-corrected chi connectivity index (χ3v) is 4.19. The normalized spacial score (nSPS) is 11.3. The summed E-state index contributed by atoms with van der Waals surface area (Å²) >= 11 is 0. The fourth-order valence-electron chi connectivity index (χ4n) is 2.73. The van der Waals surface area contributed by atoms with Crippen LogP contribution < -0.4 is 15.4 Å². The Morgan fingerprint density at radius 1 is 1.24 bits per heavy atom. The summed E-state index contributed by atoms with van der Waals surface area (Å²) in [5.74, 6) is 2.05. The van der Waals surface area contributed by atoms with E-state index in [0.717, 1.165) is 24.4 Å². The summed E-state index contributed by atoms with van der Waals surface area (Å²) < 4.78 is 21.1. The number of nitrogens with zero attached hydrogens (tertiary/aromatic N) is 5. The van der Waals surface area contributed by atoms with Crippen molar-refractivity contribution in [3.63, 3.8) is 0 Å². The van der Waals surface area contributed by atoms with E-state index in [1.807, 2.05) is 23.6 Å². The Hall–Kier alpha value is -3.49. The van der Waals surface area contributed by atoms with Crippen molar-refractivity contribution in [2.45, 2.75) is 26.4 Å². The second kappa shape index (κ2) is 10.2. The highest BCUT2D eigenvalue weighted by atomic mass is 19.1. The summed E-state index contributed by atoms with van der Waals surface area (Å²) in [6.45, 7) is 3.90. The van der Waals surface area contributed by atoms with Crippen molar-refractivity contribution in [2.24, 2.45) is 4.99 Å². The average Bonchev–Trinajstić information content (AvgIpc) is 3.19. The highest BCUT2D eigenvalue weighted by Crippen LogP contribution is 2.23. The first-order valence-electron chi connectivity index (χ1n) is 9.38. The van der Waals surface area contributed by atoms with Crippen LogP contribution in [0.1, 0.15) is 18.3 Å². The molecule has 0 fully saturated rings. The minimum atomic E-state index is -0.359. The number of rotatable bonds is 8. The van der Waals surface area contributed by atoms with Gasteiger partial charge >= 0.3 is 0 Å². The Labute approximate surface area is 168 Å². The molecule has 2 N–H and O–H groups in total. The van der Waals surface area contributed by atoms with Crippen LogP contribution in [-0.4, -0.2) is 39.3 Å². The molecule has 3 aromatic rings. The zero-order valence-corrected chi connectivity index (χ0v) is 16.5. The van der Waals surface area contributed by atoms with Gasteiger partial charge in [0.05, 0.1) is 0 Å². The number of hydrogen-bond donors (Lipinski definition) is 2. The van der Waals surface area contributed by atoms with Gasteiger partial charge in [-0.1, -0.05) is 19.1 Å². The highest BCUT2D eigenvalue weighted by Gasteiger charge is 2.08. The number of nitrogens with one attached hydrogen (secondary N) is 2. The number of aryl methyl sites for hydroxylation is 1. The Morgan fingerprint density at radius 2 is 2.14 bits per heavy atom. The van der Waals surface area contributed by atoms with Crippen molar-refractivity contribution in [3.05, 3.63) is 66.1 Å². The van der Waals surface area contributed by atoms with Crippen LogP contribution >= 0.6 is 0 Å². The Kier molecular flexibility index (Phi) is 7.10. The van der Waals surface area contributed by atoms with Gasteiger partial charge in [-0.2, -0.15) is 0 Å². The van der Waals surface area contributed by atoms with E-state index in [9.17, 15) is 4.39 Å². The minimum Gasteiger partial charge on any atom is -0.439 e. The van der Waals surface area contributed by atoms with Crippen molar-refractivity contribution in [1.29, 1.82) is 0 Å². The standard InChI is InChI=1S/C20H24FN7O/c1-3-18-27-26-14-28(18)11-10-24-20(22-2)25-13-15-6-5-9-23-19(15)29-17-8-4-7-16(21)12-17/h4-9,12,14H,3,10-11,13H2,1-2H3,(H2,22,24,25). The van der Waals surface area contributed by atoms with Crippen LogP contribution in [0.2, 0.25) is 0 Å². The summed E-state index contributed by atoms with van der Waals surface area (Å²) in [7, 11) is 1.71. The van der Waals surface area contributed by atoms with Gasteiger partial charge in [0.2, 0.25) is 5.88 Å². The lowest BCUT2D eigenvalue weighted by Gasteiger charge is -2.14. The van der Waals surface area contributed by atoms with Crippen LogP contribution in [0, 0.1) is 5.82 Å². The average molecular weight is 397 g/mol. The van der Waals surface area contributed by atoms with E-state index in [1.54, 1.807) is 31.7 Å². The lowest BCUT2D eigenvalue weighted by Crippen LogP contribution is -2.38. The van der Waals surface area contributed by atoms with Gasteiger partial charge in [0, 0.05) is 50.9 Å². The molecule has 0 saturated heterocycles. The third kappa shape index (κ3) is 5.74. The second-order valence-electron chi connectivity index (χ2n) is 6.17. The number of hydrogen-bond acceptors (Lipinski definition) is 5. The number of halogens is 1. The molecule has 2 aromatic heterocycles. The summed E-state index contributed by atoms with van der Waals surface area (Å²) in [6.07, 6.45) is 4.19. The maximum Gasteiger partial charge on any atom is 0.224 e. The Bertz CT molecular complexity index is 957. The predicted octanol–water partition coefficient (Wildman–Crippen LogP) is 2.53. The minimum absolute atomic E-state index is 0.359. The maximum atomic E-state index is 13.4. The van der Waals surface area contributed by atoms with Crippen LogP contribution in [-0.2, 0) is 19.5 Å². The first kappa shape index (κ1) is 20.2. The van der Waals surface area contributed by atoms with Crippen LogP contribution in [0.25, 0.3) is 0 Å². The molecule has 0 unspecified atom stereocenters. The van der Waals surface area contributed by atoms with E-state index in [2.05, 4.69) is 30.8 Å².